The molecule has 1 aliphatic rings. The molecular formula is C14H26N6O. The highest BCUT2D eigenvalue weighted by Gasteiger charge is 2.34. The van der Waals surface area contributed by atoms with Crippen molar-refractivity contribution >= 4 is 17.8 Å². The first-order valence-corrected chi connectivity index (χ1v) is 7.57. The maximum atomic E-state index is 5.99. The number of nitrogens with one attached hydrogen (secondary N) is 1. The van der Waals surface area contributed by atoms with Crippen molar-refractivity contribution in [3.63, 3.8) is 0 Å². The largest absolute Gasteiger partial charge is 0.375 e. The van der Waals surface area contributed by atoms with Gasteiger partial charge in [-0.2, -0.15) is 15.0 Å². The van der Waals surface area contributed by atoms with Crippen LogP contribution in [0.25, 0.3) is 0 Å². The summed E-state index contributed by atoms with van der Waals surface area (Å²) >= 11 is 0. The van der Waals surface area contributed by atoms with Crippen molar-refractivity contribution in [1.82, 2.24) is 15.0 Å². The standard InChI is InChI=1S/C14H26N6O/c1-5-14(6-2)9-10(7-8-21-14)16-12-17-11(15)18-13(19-12)20(3)4/h10H,5-9H2,1-4H3,(H3,15,16,17,18,19). The molecule has 1 aromatic heterocycles. The van der Waals surface area contributed by atoms with E-state index >= 15 is 0 Å². The Kier molecular flexibility index (Phi) is 4.82. The molecular weight excluding hydrogens is 268 g/mol. The second-order valence-corrected chi connectivity index (χ2v) is 5.78. The lowest BCUT2D eigenvalue weighted by Crippen LogP contribution is -2.44. The summed E-state index contributed by atoms with van der Waals surface area (Å²) < 4.78 is 5.99. The van der Waals surface area contributed by atoms with E-state index in [1.165, 1.54) is 0 Å². The van der Waals surface area contributed by atoms with E-state index in [9.17, 15) is 0 Å². The van der Waals surface area contributed by atoms with Crippen LogP contribution in [0.15, 0.2) is 0 Å². The van der Waals surface area contributed by atoms with Gasteiger partial charge in [0.25, 0.3) is 0 Å². The van der Waals surface area contributed by atoms with Crippen LogP contribution in [0.3, 0.4) is 0 Å². The Morgan fingerprint density at radius 2 is 2.00 bits per heavy atom. The van der Waals surface area contributed by atoms with Crippen molar-refractivity contribution in [3.05, 3.63) is 0 Å². The average Bonchev–Trinajstić information content (AvgIpc) is 2.46. The molecule has 0 aliphatic carbocycles. The van der Waals surface area contributed by atoms with Crippen LogP contribution >= 0.6 is 0 Å². The van der Waals surface area contributed by atoms with Crippen LogP contribution in [0.5, 0.6) is 0 Å². The van der Waals surface area contributed by atoms with Crippen LogP contribution in [-0.4, -0.2) is 47.3 Å². The van der Waals surface area contributed by atoms with Gasteiger partial charge in [0.1, 0.15) is 0 Å². The summed E-state index contributed by atoms with van der Waals surface area (Å²) in [4.78, 5) is 14.5. The molecule has 2 rings (SSSR count). The van der Waals surface area contributed by atoms with E-state index in [-0.39, 0.29) is 11.5 Å². The fourth-order valence-corrected chi connectivity index (χ4v) is 2.72. The molecule has 1 atom stereocenters. The van der Waals surface area contributed by atoms with Crippen LogP contribution in [-0.2, 0) is 4.74 Å². The number of nitrogen functional groups attached to an aromatic ring is 1. The first-order chi connectivity index (χ1) is 9.98. The fourth-order valence-electron chi connectivity index (χ4n) is 2.72. The summed E-state index contributed by atoms with van der Waals surface area (Å²) in [6.45, 7) is 5.12. The number of hydrogen-bond donors (Lipinski definition) is 2. The Hall–Kier alpha value is -1.63. The number of nitrogens with zero attached hydrogens (tertiary/aromatic N) is 4. The predicted molar refractivity (Wildman–Crippen MR) is 84.5 cm³/mol. The fraction of sp³-hybridized carbons (Fsp3) is 0.786. The molecule has 0 radical (unpaired) electrons. The van der Waals surface area contributed by atoms with Crippen LogP contribution in [0, 0.1) is 0 Å². The topological polar surface area (TPSA) is 89.2 Å². The molecule has 0 bridgehead atoms. The lowest BCUT2D eigenvalue weighted by atomic mass is 9.86. The zero-order valence-electron chi connectivity index (χ0n) is 13.4. The highest BCUT2D eigenvalue weighted by Crippen LogP contribution is 2.32. The van der Waals surface area contributed by atoms with Gasteiger partial charge in [0.05, 0.1) is 5.60 Å². The van der Waals surface area contributed by atoms with E-state index in [0.717, 1.165) is 32.3 Å². The summed E-state index contributed by atoms with van der Waals surface area (Å²) in [5.41, 5.74) is 5.73. The van der Waals surface area contributed by atoms with Gasteiger partial charge in [0.15, 0.2) is 0 Å². The van der Waals surface area contributed by atoms with Gasteiger partial charge < -0.3 is 20.7 Å². The van der Waals surface area contributed by atoms with Gasteiger partial charge in [0, 0.05) is 26.7 Å². The van der Waals surface area contributed by atoms with Gasteiger partial charge >= 0.3 is 0 Å². The van der Waals surface area contributed by atoms with E-state index < -0.39 is 0 Å². The molecule has 1 unspecified atom stereocenters. The van der Waals surface area contributed by atoms with Gasteiger partial charge in [0.2, 0.25) is 17.8 Å². The molecule has 1 saturated heterocycles. The lowest BCUT2D eigenvalue weighted by molar-refractivity contribution is -0.0865. The summed E-state index contributed by atoms with van der Waals surface area (Å²) in [5.74, 6) is 1.34. The predicted octanol–water partition coefficient (Wildman–Crippen LogP) is 1.67. The number of rotatable bonds is 5. The summed E-state index contributed by atoms with van der Waals surface area (Å²) in [6.07, 6.45) is 3.95. The molecule has 2 heterocycles. The van der Waals surface area contributed by atoms with E-state index in [4.69, 9.17) is 10.5 Å². The molecule has 0 spiro atoms. The Morgan fingerprint density at radius 1 is 1.29 bits per heavy atom. The first-order valence-electron chi connectivity index (χ1n) is 7.57. The maximum Gasteiger partial charge on any atom is 0.231 e. The highest BCUT2D eigenvalue weighted by atomic mass is 16.5. The second kappa shape index (κ2) is 6.43. The minimum absolute atomic E-state index is 0.0289. The SMILES string of the molecule is CCC1(CC)CC(Nc2nc(N)nc(N(C)C)n2)CCO1. The molecule has 7 heteroatoms. The normalized spacial score (nSPS) is 21.0. The van der Waals surface area contributed by atoms with E-state index in [1.807, 2.05) is 19.0 Å². The second-order valence-electron chi connectivity index (χ2n) is 5.78. The van der Waals surface area contributed by atoms with Crippen molar-refractivity contribution in [2.45, 2.75) is 51.2 Å². The average molecular weight is 294 g/mol. The van der Waals surface area contributed by atoms with Crippen LogP contribution < -0.4 is 16.0 Å². The number of aromatic nitrogens is 3. The molecule has 21 heavy (non-hydrogen) atoms. The smallest absolute Gasteiger partial charge is 0.231 e. The zero-order chi connectivity index (χ0) is 15.5. The van der Waals surface area contributed by atoms with Gasteiger partial charge in [-0.25, -0.2) is 0 Å². The molecule has 1 aliphatic heterocycles. The van der Waals surface area contributed by atoms with Crippen molar-refractivity contribution in [2.24, 2.45) is 0 Å². The molecule has 0 amide bonds. The lowest BCUT2D eigenvalue weighted by Gasteiger charge is -2.40. The number of anilines is 3. The van der Waals surface area contributed by atoms with Crippen molar-refractivity contribution in [1.29, 1.82) is 0 Å². The minimum atomic E-state index is -0.0289. The van der Waals surface area contributed by atoms with Crippen molar-refractivity contribution < 1.29 is 4.74 Å². The third-order valence-electron chi connectivity index (χ3n) is 4.16. The molecule has 118 valence electrons. The minimum Gasteiger partial charge on any atom is -0.375 e. The summed E-state index contributed by atoms with van der Waals surface area (Å²) in [7, 11) is 3.76. The molecule has 1 aromatic rings. The molecule has 0 aromatic carbocycles. The molecule has 7 nitrogen and oxygen atoms in total. The number of hydrogen-bond acceptors (Lipinski definition) is 7. The van der Waals surface area contributed by atoms with E-state index in [1.54, 1.807) is 0 Å². The third kappa shape index (κ3) is 3.72. The monoisotopic (exact) mass is 294 g/mol. The Labute approximate surface area is 126 Å². The van der Waals surface area contributed by atoms with Crippen LogP contribution in [0.2, 0.25) is 0 Å². The Morgan fingerprint density at radius 3 is 2.62 bits per heavy atom. The summed E-state index contributed by atoms with van der Waals surface area (Å²) in [6, 6.07) is 0.301. The Bertz CT molecular complexity index is 475. The van der Waals surface area contributed by atoms with Crippen LogP contribution in [0.4, 0.5) is 17.8 Å². The molecule has 3 N–H and O–H groups in total. The molecule has 1 fully saturated rings. The number of nitrogens with two attached hydrogens (primary N) is 1. The van der Waals surface area contributed by atoms with Crippen molar-refractivity contribution in [3.8, 4) is 0 Å². The first kappa shape index (κ1) is 15.8. The van der Waals surface area contributed by atoms with Gasteiger partial charge in [-0.05, 0) is 25.7 Å². The van der Waals surface area contributed by atoms with Gasteiger partial charge in [-0.1, -0.05) is 13.8 Å². The van der Waals surface area contributed by atoms with Crippen molar-refractivity contribution in [2.75, 3.05) is 36.7 Å². The Balaban J connectivity index is 2.11. The number of ether oxygens (including phenoxy) is 1. The summed E-state index contributed by atoms with van der Waals surface area (Å²) in [5, 5.41) is 3.39. The maximum absolute atomic E-state index is 5.99. The van der Waals surface area contributed by atoms with E-state index in [2.05, 4.69) is 34.1 Å². The highest BCUT2D eigenvalue weighted by molar-refractivity contribution is 5.41. The quantitative estimate of drug-likeness (QED) is 0.853. The molecule has 0 saturated carbocycles. The van der Waals surface area contributed by atoms with E-state index in [0.29, 0.717) is 17.9 Å². The third-order valence-corrected chi connectivity index (χ3v) is 4.16. The zero-order valence-corrected chi connectivity index (χ0v) is 13.4. The van der Waals surface area contributed by atoms with Crippen LogP contribution in [0.1, 0.15) is 39.5 Å². The van der Waals surface area contributed by atoms with Gasteiger partial charge in [-0.15, -0.1) is 0 Å². The van der Waals surface area contributed by atoms with Gasteiger partial charge in [-0.3, -0.25) is 0 Å².